The van der Waals surface area contributed by atoms with E-state index in [1.807, 2.05) is 11.9 Å². The number of likely N-dealkylation sites (tertiary alicyclic amines) is 1. The third-order valence-electron chi connectivity index (χ3n) is 6.22. The number of ether oxygens (including phenoxy) is 2. The number of piperidine rings is 1. The summed E-state index contributed by atoms with van der Waals surface area (Å²) in [6, 6.07) is 0.294. The van der Waals surface area contributed by atoms with Crippen molar-refractivity contribution in [2.24, 2.45) is 0 Å². The zero-order valence-electron chi connectivity index (χ0n) is 15.1. The molecule has 0 aliphatic carbocycles. The Morgan fingerprint density at radius 2 is 1.88 bits per heavy atom. The Bertz CT molecular complexity index is 442. The second-order valence-corrected chi connectivity index (χ2v) is 7.92. The SMILES string of the molecule is CC(=O)N(C)[C@@H]1CCOC2(CCN(CC3(O)CCOCC3)CC2)C1. The van der Waals surface area contributed by atoms with Gasteiger partial charge < -0.3 is 24.4 Å². The maximum atomic E-state index is 11.7. The summed E-state index contributed by atoms with van der Waals surface area (Å²) in [5.41, 5.74) is -0.672. The van der Waals surface area contributed by atoms with Crippen molar-refractivity contribution >= 4 is 5.91 Å². The van der Waals surface area contributed by atoms with Gasteiger partial charge in [0.2, 0.25) is 5.91 Å². The van der Waals surface area contributed by atoms with E-state index >= 15 is 0 Å². The minimum absolute atomic E-state index is 0.0819. The summed E-state index contributed by atoms with van der Waals surface area (Å²) in [5.74, 6) is 0.135. The molecule has 3 heterocycles. The van der Waals surface area contributed by atoms with Gasteiger partial charge in [0.05, 0.1) is 11.2 Å². The Labute approximate surface area is 145 Å². The molecule has 1 spiro atoms. The molecule has 1 atom stereocenters. The van der Waals surface area contributed by atoms with E-state index in [1.165, 1.54) is 0 Å². The lowest BCUT2D eigenvalue weighted by Gasteiger charge is -2.49. The number of carbonyl (C=O) groups is 1. The number of nitrogens with zero attached hydrogens (tertiary/aromatic N) is 2. The number of amides is 1. The third kappa shape index (κ3) is 4.10. The average molecular weight is 340 g/mol. The third-order valence-corrected chi connectivity index (χ3v) is 6.22. The molecule has 6 nitrogen and oxygen atoms in total. The standard InChI is InChI=1S/C18H32N2O4/c1-15(21)19(2)16-3-10-24-18(13-16)4-8-20(9-5-18)14-17(22)6-11-23-12-7-17/h16,22H,3-14H2,1-2H3/t16-/m1/s1. The molecule has 0 aromatic rings. The number of aliphatic hydroxyl groups is 1. The largest absolute Gasteiger partial charge is 0.388 e. The lowest BCUT2D eigenvalue weighted by Crippen LogP contribution is -2.56. The van der Waals surface area contributed by atoms with Crippen LogP contribution in [0, 0.1) is 0 Å². The Hall–Kier alpha value is -0.690. The van der Waals surface area contributed by atoms with Crippen LogP contribution in [0.2, 0.25) is 0 Å². The van der Waals surface area contributed by atoms with Crippen LogP contribution in [0.4, 0.5) is 0 Å². The Morgan fingerprint density at radius 3 is 2.50 bits per heavy atom. The van der Waals surface area contributed by atoms with E-state index in [4.69, 9.17) is 9.47 Å². The summed E-state index contributed by atoms with van der Waals surface area (Å²) >= 11 is 0. The topological polar surface area (TPSA) is 62.2 Å². The van der Waals surface area contributed by atoms with Gasteiger partial charge in [0.15, 0.2) is 0 Å². The highest BCUT2D eigenvalue weighted by atomic mass is 16.5. The van der Waals surface area contributed by atoms with Crippen molar-refractivity contribution in [3.8, 4) is 0 Å². The molecule has 6 heteroatoms. The Balaban J connectivity index is 1.53. The fourth-order valence-corrected chi connectivity index (χ4v) is 4.38. The predicted octanol–water partition coefficient (Wildman–Crippen LogP) is 1.02. The molecular formula is C18H32N2O4. The second kappa shape index (κ2) is 7.28. The minimum Gasteiger partial charge on any atom is -0.388 e. The van der Waals surface area contributed by atoms with E-state index in [0.717, 1.165) is 64.8 Å². The lowest BCUT2D eigenvalue weighted by molar-refractivity contribution is -0.151. The van der Waals surface area contributed by atoms with E-state index in [2.05, 4.69) is 4.90 Å². The molecule has 3 aliphatic rings. The highest BCUT2D eigenvalue weighted by Gasteiger charge is 2.43. The molecule has 0 aromatic heterocycles. The Morgan fingerprint density at radius 1 is 1.21 bits per heavy atom. The van der Waals surface area contributed by atoms with Gasteiger partial charge >= 0.3 is 0 Å². The van der Waals surface area contributed by atoms with E-state index < -0.39 is 5.60 Å². The zero-order chi connectivity index (χ0) is 17.2. The summed E-state index contributed by atoms with van der Waals surface area (Å²) < 4.78 is 11.5. The van der Waals surface area contributed by atoms with Crippen LogP contribution in [0.15, 0.2) is 0 Å². The first kappa shape index (κ1) is 18.1. The number of carbonyl (C=O) groups excluding carboxylic acids is 1. The van der Waals surface area contributed by atoms with Crippen LogP contribution in [0.1, 0.15) is 45.4 Å². The van der Waals surface area contributed by atoms with Crippen molar-refractivity contribution in [2.45, 2.75) is 62.7 Å². The second-order valence-electron chi connectivity index (χ2n) is 7.92. The van der Waals surface area contributed by atoms with Crippen molar-refractivity contribution in [2.75, 3.05) is 46.5 Å². The van der Waals surface area contributed by atoms with Gasteiger partial charge in [0.1, 0.15) is 0 Å². The van der Waals surface area contributed by atoms with E-state index in [0.29, 0.717) is 19.3 Å². The fourth-order valence-electron chi connectivity index (χ4n) is 4.38. The maximum absolute atomic E-state index is 11.7. The number of β-amino-alcohol motifs (C(OH)–C–C–N with tert-alkyl or cyclic N) is 1. The van der Waals surface area contributed by atoms with Crippen LogP contribution in [0.5, 0.6) is 0 Å². The summed E-state index contributed by atoms with van der Waals surface area (Å²) in [4.78, 5) is 15.9. The summed E-state index contributed by atoms with van der Waals surface area (Å²) in [6.45, 7) is 6.36. The molecule has 3 fully saturated rings. The van der Waals surface area contributed by atoms with Gasteiger partial charge in [-0.15, -0.1) is 0 Å². The molecule has 3 saturated heterocycles. The summed E-state index contributed by atoms with van der Waals surface area (Å²) in [6.07, 6.45) is 5.31. The molecule has 0 unspecified atom stereocenters. The fraction of sp³-hybridized carbons (Fsp3) is 0.944. The molecule has 3 aliphatic heterocycles. The monoisotopic (exact) mass is 340 g/mol. The van der Waals surface area contributed by atoms with Gasteiger partial charge in [-0.2, -0.15) is 0 Å². The van der Waals surface area contributed by atoms with Crippen LogP contribution >= 0.6 is 0 Å². The quantitative estimate of drug-likeness (QED) is 0.831. The molecule has 1 N–H and O–H groups in total. The first-order valence-electron chi connectivity index (χ1n) is 9.31. The highest BCUT2D eigenvalue weighted by molar-refractivity contribution is 5.73. The van der Waals surface area contributed by atoms with Crippen LogP contribution in [-0.2, 0) is 14.3 Å². The van der Waals surface area contributed by atoms with Gasteiger partial charge in [-0.1, -0.05) is 0 Å². The highest BCUT2D eigenvalue weighted by Crippen LogP contribution is 2.37. The number of hydrogen-bond donors (Lipinski definition) is 1. The molecule has 24 heavy (non-hydrogen) atoms. The smallest absolute Gasteiger partial charge is 0.219 e. The van der Waals surface area contributed by atoms with Crippen LogP contribution in [-0.4, -0.2) is 84.6 Å². The van der Waals surface area contributed by atoms with Crippen molar-refractivity contribution in [3.05, 3.63) is 0 Å². The van der Waals surface area contributed by atoms with Crippen molar-refractivity contribution < 1.29 is 19.4 Å². The lowest BCUT2D eigenvalue weighted by atomic mass is 9.81. The van der Waals surface area contributed by atoms with Crippen LogP contribution < -0.4 is 0 Å². The molecule has 0 aromatic carbocycles. The van der Waals surface area contributed by atoms with Gasteiger partial charge in [-0.25, -0.2) is 0 Å². The summed E-state index contributed by atoms with van der Waals surface area (Å²) in [5, 5.41) is 10.7. The zero-order valence-corrected chi connectivity index (χ0v) is 15.1. The molecule has 0 saturated carbocycles. The first-order chi connectivity index (χ1) is 11.4. The maximum Gasteiger partial charge on any atom is 0.219 e. The van der Waals surface area contributed by atoms with Crippen molar-refractivity contribution in [1.82, 2.24) is 9.80 Å². The first-order valence-corrected chi connectivity index (χ1v) is 9.31. The minimum atomic E-state index is -0.590. The molecular weight excluding hydrogens is 308 g/mol. The Kier molecular flexibility index (Phi) is 5.49. The van der Waals surface area contributed by atoms with Crippen molar-refractivity contribution in [1.29, 1.82) is 0 Å². The molecule has 0 radical (unpaired) electrons. The van der Waals surface area contributed by atoms with E-state index in [9.17, 15) is 9.90 Å². The van der Waals surface area contributed by atoms with E-state index in [1.54, 1.807) is 6.92 Å². The van der Waals surface area contributed by atoms with Gasteiger partial charge in [0.25, 0.3) is 0 Å². The molecule has 0 bridgehead atoms. The van der Waals surface area contributed by atoms with Crippen LogP contribution in [0.25, 0.3) is 0 Å². The number of rotatable bonds is 3. The molecule has 3 rings (SSSR count). The van der Waals surface area contributed by atoms with Gasteiger partial charge in [0, 0.05) is 72.3 Å². The van der Waals surface area contributed by atoms with Gasteiger partial charge in [-0.05, 0) is 25.7 Å². The molecule has 1 amide bonds. The van der Waals surface area contributed by atoms with Crippen molar-refractivity contribution in [3.63, 3.8) is 0 Å². The van der Waals surface area contributed by atoms with Gasteiger partial charge in [-0.3, -0.25) is 4.79 Å². The molecule has 138 valence electrons. The average Bonchev–Trinajstić information content (AvgIpc) is 2.57. The predicted molar refractivity (Wildman–Crippen MR) is 90.8 cm³/mol. The number of hydrogen-bond acceptors (Lipinski definition) is 5. The van der Waals surface area contributed by atoms with E-state index in [-0.39, 0.29) is 11.5 Å². The normalized spacial score (nSPS) is 30.2. The van der Waals surface area contributed by atoms with Crippen LogP contribution in [0.3, 0.4) is 0 Å². The summed E-state index contributed by atoms with van der Waals surface area (Å²) in [7, 11) is 1.90.